The fraction of sp³-hybridized carbons (Fsp3) is 0.143. The molecule has 0 radical (unpaired) electrons. The second kappa shape index (κ2) is 6.32. The fourth-order valence-electron chi connectivity index (χ4n) is 1.71. The lowest BCUT2D eigenvalue weighted by molar-refractivity contribution is 0.101. The maximum absolute atomic E-state index is 12.1. The van der Waals surface area contributed by atoms with E-state index in [4.69, 9.17) is 21.1 Å². The molecule has 0 fully saturated rings. The Bertz CT molecular complexity index is 676. The first-order valence-electron chi connectivity index (χ1n) is 5.93. The summed E-state index contributed by atoms with van der Waals surface area (Å²) in [6.45, 7) is 0. The summed E-state index contributed by atoms with van der Waals surface area (Å²) in [6, 6.07) is 5.95. The van der Waals surface area contributed by atoms with Crippen LogP contribution in [0.15, 0.2) is 30.5 Å². The number of amides is 1. The number of anilines is 1. The normalized spacial score (nSPS) is 10.0. The largest absolute Gasteiger partial charge is 0.505 e. The van der Waals surface area contributed by atoms with Gasteiger partial charge in [-0.3, -0.25) is 4.79 Å². The Hall–Kier alpha value is -2.47. The molecule has 21 heavy (non-hydrogen) atoms. The molecule has 2 aromatic rings. The predicted molar refractivity (Wildman–Crippen MR) is 78.4 cm³/mol. The van der Waals surface area contributed by atoms with Crippen LogP contribution in [0, 0.1) is 0 Å². The molecule has 0 aliphatic heterocycles. The van der Waals surface area contributed by atoms with Crippen molar-refractivity contribution in [2.45, 2.75) is 0 Å². The lowest BCUT2D eigenvalue weighted by Crippen LogP contribution is -2.14. The lowest BCUT2D eigenvalue weighted by Gasteiger charge is -2.13. The van der Waals surface area contributed by atoms with Gasteiger partial charge in [0.05, 0.1) is 24.9 Å². The quantitative estimate of drug-likeness (QED) is 0.907. The van der Waals surface area contributed by atoms with Gasteiger partial charge in [0.1, 0.15) is 17.2 Å². The molecule has 2 rings (SSSR count). The Balaban J connectivity index is 2.33. The van der Waals surface area contributed by atoms with Crippen LogP contribution in [0.4, 0.5) is 5.69 Å². The number of carbonyl (C=O) groups is 1. The fourth-order valence-corrected chi connectivity index (χ4v) is 1.95. The SMILES string of the molecule is COc1cc(OC)c(NC(=O)c2ncccc2O)cc1Cl. The number of aromatic hydroxyl groups is 1. The Kier molecular flexibility index (Phi) is 4.49. The number of nitrogens with zero attached hydrogens (tertiary/aromatic N) is 1. The molecular formula is C14H13ClN2O4. The van der Waals surface area contributed by atoms with Gasteiger partial charge in [-0.1, -0.05) is 11.6 Å². The minimum absolute atomic E-state index is 0.0912. The van der Waals surface area contributed by atoms with E-state index in [1.165, 1.54) is 38.6 Å². The van der Waals surface area contributed by atoms with Crippen molar-refractivity contribution < 1.29 is 19.4 Å². The molecule has 0 saturated carbocycles. The number of carbonyl (C=O) groups excluding carboxylic acids is 1. The third kappa shape index (κ3) is 3.17. The first kappa shape index (κ1) is 14.9. The van der Waals surface area contributed by atoms with Crippen molar-refractivity contribution >= 4 is 23.2 Å². The van der Waals surface area contributed by atoms with E-state index >= 15 is 0 Å². The minimum Gasteiger partial charge on any atom is -0.505 e. The average Bonchev–Trinajstić information content (AvgIpc) is 2.48. The maximum atomic E-state index is 12.1. The van der Waals surface area contributed by atoms with Crippen molar-refractivity contribution in [3.63, 3.8) is 0 Å². The van der Waals surface area contributed by atoms with Crippen LogP contribution < -0.4 is 14.8 Å². The van der Waals surface area contributed by atoms with Gasteiger partial charge in [0, 0.05) is 12.3 Å². The summed E-state index contributed by atoms with van der Waals surface area (Å²) >= 11 is 6.02. The number of ether oxygens (including phenoxy) is 2. The Morgan fingerprint density at radius 1 is 1.29 bits per heavy atom. The topological polar surface area (TPSA) is 80.7 Å². The molecule has 0 atom stereocenters. The van der Waals surface area contributed by atoms with Crippen molar-refractivity contribution in [1.29, 1.82) is 0 Å². The molecule has 0 aliphatic carbocycles. The predicted octanol–water partition coefficient (Wildman–Crippen LogP) is 2.71. The van der Waals surface area contributed by atoms with E-state index in [9.17, 15) is 9.90 Å². The monoisotopic (exact) mass is 308 g/mol. The second-order valence-corrected chi connectivity index (χ2v) is 4.42. The molecule has 0 aliphatic rings. The number of aromatic nitrogens is 1. The maximum Gasteiger partial charge on any atom is 0.278 e. The number of benzene rings is 1. The van der Waals surface area contributed by atoms with Crippen LogP contribution in [0.5, 0.6) is 17.2 Å². The van der Waals surface area contributed by atoms with Crippen molar-refractivity contribution in [2.24, 2.45) is 0 Å². The molecule has 6 nitrogen and oxygen atoms in total. The van der Waals surface area contributed by atoms with Crippen LogP contribution in [-0.4, -0.2) is 30.2 Å². The number of rotatable bonds is 4. The average molecular weight is 309 g/mol. The molecule has 1 aromatic heterocycles. The number of pyridine rings is 1. The Morgan fingerprint density at radius 3 is 2.62 bits per heavy atom. The first-order chi connectivity index (χ1) is 10.1. The number of hydrogen-bond donors (Lipinski definition) is 2. The van der Waals surface area contributed by atoms with Crippen LogP contribution in [0.1, 0.15) is 10.5 Å². The summed E-state index contributed by atoms with van der Waals surface area (Å²) in [5.74, 6) is 0.00780. The highest BCUT2D eigenvalue weighted by molar-refractivity contribution is 6.32. The smallest absolute Gasteiger partial charge is 0.278 e. The molecule has 0 saturated heterocycles. The van der Waals surface area contributed by atoms with Gasteiger partial charge < -0.3 is 19.9 Å². The molecule has 1 heterocycles. The molecule has 110 valence electrons. The summed E-state index contributed by atoms with van der Waals surface area (Å²) in [5.41, 5.74) is 0.254. The standard InChI is InChI=1S/C14H13ClN2O4/c1-20-11-7-12(21-2)9(6-8(11)15)17-14(19)13-10(18)4-3-5-16-13/h3-7,18H,1-2H3,(H,17,19). The highest BCUT2D eigenvalue weighted by Gasteiger charge is 2.16. The van der Waals surface area contributed by atoms with Gasteiger partial charge in [-0.25, -0.2) is 4.98 Å². The minimum atomic E-state index is -0.576. The molecule has 1 aromatic carbocycles. The summed E-state index contributed by atoms with van der Waals surface area (Å²) in [4.78, 5) is 15.9. The van der Waals surface area contributed by atoms with Gasteiger partial charge in [0.15, 0.2) is 5.69 Å². The van der Waals surface area contributed by atoms with Gasteiger partial charge in [-0.05, 0) is 18.2 Å². The highest BCUT2D eigenvalue weighted by Crippen LogP contribution is 2.36. The third-order valence-corrected chi connectivity index (χ3v) is 3.02. The molecule has 1 amide bonds. The van der Waals surface area contributed by atoms with Crippen molar-refractivity contribution in [3.8, 4) is 17.2 Å². The van der Waals surface area contributed by atoms with Crippen LogP contribution in [0.2, 0.25) is 5.02 Å². The third-order valence-electron chi connectivity index (χ3n) is 2.72. The number of nitrogens with one attached hydrogen (secondary N) is 1. The van der Waals surface area contributed by atoms with Crippen molar-refractivity contribution in [1.82, 2.24) is 4.98 Å². The second-order valence-electron chi connectivity index (χ2n) is 4.01. The summed E-state index contributed by atoms with van der Waals surface area (Å²) in [5, 5.41) is 12.5. The van der Waals surface area contributed by atoms with Crippen LogP contribution in [0.25, 0.3) is 0 Å². The molecule has 0 bridgehead atoms. The van der Waals surface area contributed by atoms with E-state index in [-0.39, 0.29) is 11.4 Å². The summed E-state index contributed by atoms with van der Waals surface area (Å²) < 4.78 is 10.2. The lowest BCUT2D eigenvalue weighted by atomic mass is 10.2. The Morgan fingerprint density at radius 2 is 2.00 bits per heavy atom. The van der Waals surface area contributed by atoms with Crippen molar-refractivity contribution in [3.05, 3.63) is 41.2 Å². The van der Waals surface area contributed by atoms with Crippen LogP contribution >= 0.6 is 11.6 Å². The van der Waals surface area contributed by atoms with E-state index in [0.29, 0.717) is 22.2 Å². The van der Waals surface area contributed by atoms with Gasteiger partial charge >= 0.3 is 0 Å². The zero-order valence-corrected chi connectivity index (χ0v) is 12.1. The number of methoxy groups -OCH3 is 2. The van der Waals surface area contributed by atoms with Gasteiger partial charge in [-0.2, -0.15) is 0 Å². The van der Waals surface area contributed by atoms with Gasteiger partial charge in [-0.15, -0.1) is 0 Å². The molecule has 2 N–H and O–H groups in total. The van der Waals surface area contributed by atoms with Gasteiger partial charge in [0.2, 0.25) is 0 Å². The van der Waals surface area contributed by atoms with Crippen LogP contribution in [-0.2, 0) is 0 Å². The zero-order chi connectivity index (χ0) is 15.4. The van der Waals surface area contributed by atoms with E-state index in [1.54, 1.807) is 6.07 Å². The van der Waals surface area contributed by atoms with E-state index in [2.05, 4.69) is 10.3 Å². The number of halogens is 1. The van der Waals surface area contributed by atoms with E-state index in [0.717, 1.165) is 0 Å². The van der Waals surface area contributed by atoms with Gasteiger partial charge in [0.25, 0.3) is 5.91 Å². The molecule has 7 heteroatoms. The Labute approximate surface area is 126 Å². The highest BCUT2D eigenvalue weighted by atomic mass is 35.5. The molecule has 0 unspecified atom stereocenters. The van der Waals surface area contributed by atoms with Crippen LogP contribution in [0.3, 0.4) is 0 Å². The zero-order valence-electron chi connectivity index (χ0n) is 11.4. The first-order valence-corrected chi connectivity index (χ1v) is 6.31. The van der Waals surface area contributed by atoms with E-state index < -0.39 is 5.91 Å². The summed E-state index contributed by atoms with van der Waals surface area (Å²) in [6.07, 6.45) is 1.41. The number of hydrogen-bond acceptors (Lipinski definition) is 5. The van der Waals surface area contributed by atoms with E-state index in [1.807, 2.05) is 0 Å². The van der Waals surface area contributed by atoms with Crippen molar-refractivity contribution in [2.75, 3.05) is 19.5 Å². The summed E-state index contributed by atoms with van der Waals surface area (Å²) in [7, 11) is 2.93. The molecular weight excluding hydrogens is 296 g/mol. The molecule has 0 spiro atoms.